The maximum absolute atomic E-state index is 14.4. The van der Waals surface area contributed by atoms with Gasteiger partial charge in [-0.15, -0.1) is 0 Å². The molecule has 9 heteroatoms. The average molecular weight is 572 g/mol. The number of hydrazine groups is 1. The number of para-hydroxylation sites is 1. The number of imide groups is 1. The molecule has 0 N–H and O–H groups in total. The molecule has 1 saturated heterocycles. The van der Waals surface area contributed by atoms with Crippen molar-refractivity contribution in [1.29, 1.82) is 0 Å². The molecule has 0 radical (unpaired) electrons. The van der Waals surface area contributed by atoms with Crippen molar-refractivity contribution in [3.8, 4) is 0 Å². The fraction of sp³-hybridized carbons (Fsp3) is 0.176. The topological polar surface area (TPSA) is 118 Å². The summed E-state index contributed by atoms with van der Waals surface area (Å²) in [5, 5.41) is 13.4. The lowest BCUT2D eigenvalue weighted by atomic mass is 9.55. The molecule has 212 valence electrons. The molecule has 0 spiro atoms. The molecule has 0 aromatic heterocycles. The van der Waals surface area contributed by atoms with E-state index in [1.165, 1.54) is 24.3 Å². The minimum atomic E-state index is -0.976. The van der Waals surface area contributed by atoms with Gasteiger partial charge in [-0.2, -0.15) is 5.01 Å². The summed E-state index contributed by atoms with van der Waals surface area (Å²) in [6.45, 7) is 1.21. The molecule has 8 rings (SSSR count). The summed E-state index contributed by atoms with van der Waals surface area (Å²) in [5.74, 6) is -5.11. The molecule has 0 unspecified atom stereocenters. The number of hydrogen-bond donors (Lipinski definition) is 0. The average Bonchev–Trinajstić information content (AvgIpc) is 3.29. The third-order valence-corrected chi connectivity index (χ3v) is 8.90. The summed E-state index contributed by atoms with van der Waals surface area (Å²) >= 11 is 0. The van der Waals surface area contributed by atoms with Crippen LogP contribution in [0.3, 0.4) is 0 Å². The van der Waals surface area contributed by atoms with Crippen molar-refractivity contribution in [3.63, 3.8) is 0 Å². The van der Waals surface area contributed by atoms with Crippen molar-refractivity contribution < 1.29 is 24.1 Å². The maximum atomic E-state index is 14.4. The number of carbonyl (C=O) groups is 4. The van der Waals surface area contributed by atoms with Gasteiger partial charge in [0.1, 0.15) is 12.1 Å². The van der Waals surface area contributed by atoms with Crippen LogP contribution in [0.1, 0.15) is 60.4 Å². The zero-order valence-electron chi connectivity index (χ0n) is 23.0. The van der Waals surface area contributed by atoms with Gasteiger partial charge in [-0.3, -0.25) is 29.3 Å². The van der Waals surface area contributed by atoms with Crippen molar-refractivity contribution in [2.24, 2.45) is 11.8 Å². The van der Waals surface area contributed by atoms with Gasteiger partial charge >= 0.3 is 0 Å². The van der Waals surface area contributed by atoms with E-state index in [9.17, 15) is 29.3 Å². The third-order valence-electron chi connectivity index (χ3n) is 8.90. The van der Waals surface area contributed by atoms with E-state index in [1.807, 2.05) is 55.5 Å². The van der Waals surface area contributed by atoms with E-state index in [4.69, 9.17) is 0 Å². The fourth-order valence-corrected chi connectivity index (χ4v) is 7.05. The van der Waals surface area contributed by atoms with Crippen LogP contribution in [0.2, 0.25) is 0 Å². The van der Waals surface area contributed by atoms with Gasteiger partial charge in [0.05, 0.1) is 16.8 Å². The standard InChI is InChI=1S/C34H25N3O6/c1-19-14-16-20(17-15-19)27(38)18-35(32(39)25-12-6-7-13-26(25)37(42)43)36-33(40)30-28-21-8-2-3-9-22(21)29(31(30)34(36)41)24-11-5-4-10-23(24)28/h2-17,28-31H,18H2,1H3/t28?,29?,30-,31+. The van der Waals surface area contributed by atoms with Gasteiger partial charge in [0.15, 0.2) is 5.78 Å². The number of carbonyl (C=O) groups excluding carboxylic acids is 4. The Morgan fingerprint density at radius 3 is 1.70 bits per heavy atom. The number of rotatable bonds is 6. The summed E-state index contributed by atoms with van der Waals surface area (Å²) in [6.07, 6.45) is 0. The lowest BCUT2D eigenvalue weighted by molar-refractivity contribution is -0.385. The van der Waals surface area contributed by atoms with Crippen LogP contribution < -0.4 is 0 Å². The number of nitro benzene ring substituents is 1. The Labute approximate surface area is 246 Å². The van der Waals surface area contributed by atoms with E-state index in [2.05, 4.69) is 0 Å². The highest BCUT2D eigenvalue weighted by Gasteiger charge is 2.63. The molecule has 2 atom stereocenters. The first kappa shape index (κ1) is 26.5. The second-order valence-electron chi connectivity index (χ2n) is 11.2. The molecule has 4 aliphatic rings. The molecule has 9 nitrogen and oxygen atoms in total. The largest absolute Gasteiger partial charge is 0.292 e. The Morgan fingerprint density at radius 2 is 1.21 bits per heavy atom. The predicted molar refractivity (Wildman–Crippen MR) is 155 cm³/mol. The smallest absolute Gasteiger partial charge is 0.282 e. The summed E-state index contributed by atoms with van der Waals surface area (Å²) in [6, 6.07) is 27.5. The molecule has 3 aliphatic carbocycles. The summed E-state index contributed by atoms with van der Waals surface area (Å²) in [5.41, 5.74) is 4.23. The van der Waals surface area contributed by atoms with E-state index < -0.39 is 64.3 Å². The Hall–Kier alpha value is -5.44. The number of ketones is 1. The molecule has 2 bridgehead atoms. The monoisotopic (exact) mass is 571 g/mol. The van der Waals surface area contributed by atoms with E-state index in [-0.39, 0.29) is 11.1 Å². The molecule has 4 aromatic rings. The molecule has 3 amide bonds. The molecule has 1 aliphatic heterocycles. The van der Waals surface area contributed by atoms with Gasteiger partial charge in [-0.05, 0) is 35.2 Å². The van der Waals surface area contributed by atoms with Crippen LogP contribution in [-0.4, -0.2) is 45.0 Å². The van der Waals surface area contributed by atoms with Crippen LogP contribution in [0.15, 0.2) is 97.1 Å². The fourth-order valence-electron chi connectivity index (χ4n) is 7.05. The van der Waals surface area contributed by atoms with Crippen molar-refractivity contribution in [1.82, 2.24) is 10.0 Å². The SMILES string of the molecule is Cc1ccc(C(=O)CN(C(=O)c2ccccc2[N+](=O)[O-])N2C(=O)[C@@H]3C4c5ccccc5C(c5ccccc54)[C@@H]3C2=O)cc1. The van der Waals surface area contributed by atoms with Crippen molar-refractivity contribution in [2.45, 2.75) is 18.8 Å². The minimum Gasteiger partial charge on any atom is -0.292 e. The first-order valence-electron chi connectivity index (χ1n) is 14.0. The Morgan fingerprint density at radius 1 is 0.744 bits per heavy atom. The van der Waals surface area contributed by atoms with Crippen LogP contribution in [0, 0.1) is 28.9 Å². The molecule has 1 heterocycles. The number of Topliss-reactive ketones (excluding diaryl/α,β-unsaturated/α-hetero) is 1. The Bertz CT molecular complexity index is 1750. The number of amides is 3. The summed E-state index contributed by atoms with van der Waals surface area (Å²) in [7, 11) is 0. The van der Waals surface area contributed by atoms with E-state index >= 15 is 0 Å². The van der Waals surface area contributed by atoms with Crippen LogP contribution in [0.25, 0.3) is 0 Å². The zero-order chi connectivity index (χ0) is 30.0. The second kappa shape index (κ2) is 9.84. The number of aryl methyl sites for hydroxylation is 1. The van der Waals surface area contributed by atoms with Crippen molar-refractivity contribution >= 4 is 29.2 Å². The van der Waals surface area contributed by atoms with Gasteiger partial charge in [0.25, 0.3) is 23.4 Å². The first-order valence-corrected chi connectivity index (χ1v) is 14.0. The van der Waals surface area contributed by atoms with Crippen LogP contribution in [0.5, 0.6) is 0 Å². The van der Waals surface area contributed by atoms with Crippen LogP contribution in [0.4, 0.5) is 5.69 Å². The van der Waals surface area contributed by atoms with E-state index in [0.717, 1.165) is 37.8 Å². The Kier molecular flexibility index (Phi) is 6.05. The molecule has 4 aromatic carbocycles. The highest BCUT2D eigenvalue weighted by atomic mass is 16.6. The minimum absolute atomic E-state index is 0.280. The predicted octanol–water partition coefficient (Wildman–Crippen LogP) is 5.04. The van der Waals surface area contributed by atoms with Crippen LogP contribution in [-0.2, 0) is 9.59 Å². The first-order chi connectivity index (χ1) is 20.8. The normalized spacial score (nSPS) is 21.2. The number of nitro groups is 1. The van der Waals surface area contributed by atoms with Gasteiger partial charge < -0.3 is 0 Å². The van der Waals surface area contributed by atoms with Crippen molar-refractivity contribution in [2.75, 3.05) is 6.54 Å². The highest BCUT2D eigenvalue weighted by Crippen LogP contribution is 2.61. The number of nitrogens with zero attached hydrogens (tertiary/aromatic N) is 3. The van der Waals surface area contributed by atoms with Gasteiger partial charge in [0, 0.05) is 23.5 Å². The summed E-state index contributed by atoms with van der Waals surface area (Å²) < 4.78 is 0. The zero-order valence-corrected chi connectivity index (χ0v) is 23.0. The van der Waals surface area contributed by atoms with Crippen molar-refractivity contribution in [3.05, 3.63) is 146 Å². The molecular formula is C34H25N3O6. The molecule has 0 saturated carbocycles. The van der Waals surface area contributed by atoms with Gasteiger partial charge in [0.2, 0.25) is 0 Å². The van der Waals surface area contributed by atoms with Gasteiger partial charge in [-0.25, -0.2) is 5.01 Å². The van der Waals surface area contributed by atoms with Crippen LogP contribution >= 0.6 is 0 Å². The van der Waals surface area contributed by atoms with Gasteiger partial charge in [-0.1, -0.05) is 90.5 Å². The third kappa shape index (κ3) is 3.92. The Balaban J connectivity index is 1.35. The molecule has 1 fully saturated rings. The second-order valence-corrected chi connectivity index (χ2v) is 11.2. The maximum Gasteiger partial charge on any atom is 0.282 e. The molecule has 43 heavy (non-hydrogen) atoms. The highest BCUT2D eigenvalue weighted by molar-refractivity contribution is 6.11. The lowest BCUT2D eigenvalue weighted by Crippen LogP contribution is -2.52. The van der Waals surface area contributed by atoms with E-state index in [1.54, 1.807) is 24.3 Å². The summed E-state index contributed by atoms with van der Waals surface area (Å²) in [4.78, 5) is 67.6. The van der Waals surface area contributed by atoms with E-state index in [0.29, 0.717) is 0 Å². The number of hydrogen-bond acceptors (Lipinski definition) is 6. The number of benzene rings is 4. The lowest BCUT2D eigenvalue weighted by Gasteiger charge is -2.45. The molecular weight excluding hydrogens is 546 g/mol. The quantitative estimate of drug-likeness (QED) is 0.139.